The third-order valence-electron chi connectivity index (χ3n) is 3.19. The SMILES string of the molecule is Clc1ccc(Cl)c(CCNC2CCCC2)c1. The van der Waals surface area contributed by atoms with Crippen LogP contribution in [0.25, 0.3) is 0 Å². The highest BCUT2D eigenvalue weighted by molar-refractivity contribution is 6.33. The predicted molar refractivity (Wildman–Crippen MR) is 70.4 cm³/mol. The van der Waals surface area contributed by atoms with Crippen LogP contribution >= 0.6 is 23.2 Å². The van der Waals surface area contributed by atoms with Gasteiger partial charge in [-0.2, -0.15) is 0 Å². The van der Waals surface area contributed by atoms with E-state index < -0.39 is 0 Å². The summed E-state index contributed by atoms with van der Waals surface area (Å²) in [6, 6.07) is 6.38. The fourth-order valence-corrected chi connectivity index (χ4v) is 2.68. The average Bonchev–Trinajstić information content (AvgIpc) is 2.76. The molecule has 0 aromatic heterocycles. The number of hydrogen-bond donors (Lipinski definition) is 1. The number of rotatable bonds is 4. The van der Waals surface area contributed by atoms with E-state index in [1.807, 2.05) is 18.2 Å². The van der Waals surface area contributed by atoms with Crippen LogP contribution in [0.5, 0.6) is 0 Å². The zero-order chi connectivity index (χ0) is 11.4. The summed E-state index contributed by atoms with van der Waals surface area (Å²) in [5.74, 6) is 0. The first-order chi connectivity index (χ1) is 7.75. The van der Waals surface area contributed by atoms with Gasteiger partial charge < -0.3 is 5.32 Å². The van der Waals surface area contributed by atoms with Gasteiger partial charge in [0.1, 0.15) is 0 Å². The highest BCUT2D eigenvalue weighted by Gasteiger charge is 2.13. The van der Waals surface area contributed by atoms with Crippen molar-refractivity contribution >= 4 is 23.2 Å². The molecule has 0 amide bonds. The lowest BCUT2D eigenvalue weighted by molar-refractivity contribution is 0.528. The highest BCUT2D eigenvalue weighted by atomic mass is 35.5. The van der Waals surface area contributed by atoms with Gasteiger partial charge in [-0.05, 0) is 49.6 Å². The van der Waals surface area contributed by atoms with Crippen LogP contribution in [0.15, 0.2) is 18.2 Å². The molecule has 1 nitrogen and oxygen atoms in total. The van der Waals surface area contributed by atoms with E-state index in [0.29, 0.717) is 0 Å². The van der Waals surface area contributed by atoms with Crippen LogP contribution in [-0.2, 0) is 6.42 Å². The molecule has 1 aromatic carbocycles. The van der Waals surface area contributed by atoms with Gasteiger partial charge in [0, 0.05) is 16.1 Å². The summed E-state index contributed by atoms with van der Waals surface area (Å²) in [6.07, 6.45) is 6.34. The lowest BCUT2D eigenvalue weighted by Crippen LogP contribution is -2.28. The molecular formula is C13H17Cl2N. The van der Waals surface area contributed by atoms with Crippen LogP contribution in [0.4, 0.5) is 0 Å². The standard InChI is InChI=1S/C13H17Cl2N/c14-11-5-6-13(15)10(9-11)7-8-16-12-3-1-2-4-12/h5-6,9,12,16H,1-4,7-8H2. The highest BCUT2D eigenvalue weighted by Crippen LogP contribution is 2.21. The van der Waals surface area contributed by atoms with E-state index in [-0.39, 0.29) is 0 Å². The molecule has 1 saturated carbocycles. The van der Waals surface area contributed by atoms with E-state index in [1.165, 1.54) is 25.7 Å². The third kappa shape index (κ3) is 3.38. The molecule has 0 bridgehead atoms. The van der Waals surface area contributed by atoms with E-state index >= 15 is 0 Å². The lowest BCUT2D eigenvalue weighted by atomic mass is 10.1. The maximum Gasteiger partial charge on any atom is 0.0439 e. The smallest absolute Gasteiger partial charge is 0.0439 e. The Morgan fingerprint density at radius 2 is 1.94 bits per heavy atom. The molecule has 16 heavy (non-hydrogen) atoms. The van der Waals surface area contributed by atoms with Crippen molar-refractivity contribution in [2.24, 2.45) is 0 Å². The zero-order valence-corrected chi connectivity index (χ0v) is 10.8. The minimum absolute atomic E-state index is 0.720. The topological polar surface area (TPSA) is 12.0 Å². The predicted octanol–water partition coefficient (Wildman–Crippen LogP) is 4.07. The molecule has 0 atom stereocenters. The summed E-state index contributed by atoms with van der Waals surface area (Å²) >= 11 is 12.0. The quantitative estimate of drug-likeness (QED) is 0.858. The number of halogens is 2. The van der Waals surface area contributed by atoms with Crippen LogP contribution in [0.3, 0.4) is 0 Å². The Morgan fingerprint density at radius 1 is 1.19 bits per heavy atom. The van der Waals surface area contributed by atoms with E-state index in [1.54, 1.807) is 0 Å². The molecule has 2 rings (SSSR count). The van der Waals surface area contributed by atoms with Crippen molar-refractivity contribution in [2.75, 3.05) is 6.54 Å². The van der Waals surface area contributed by atoms with E-state index in [4.69, 9.17) is 23.2 Å². The molecule has 1 aliphatic rings. The molecule has 3 heteroatoms. The van der Waals surface area contributed by atoms with E-state index in [9.17, 15) is 0 Å². The summed E-state index contributed by atoms with van der Waals surface area (Å²) in [5.41, 5.74) is 1.14. The van der Waals surface area contributed by atoms with Gasteiger partial charge in [0.15, 0.2) is 0 Å². The fourth-order valence-electron chi connectivity index (χ4n) is 2.28. The lowest BCUT2D eigenvalue weighted by Gasteiger charge is -2.12. The second-order valence-electron chi connectivity index (χ2n) is 4.42. The number of nitrogens with one attached hydrogen (secondary N) is 1. The largest absolute Gasteiger partial charge is 0.314 e. The molecule has 1 N–H and O–H groups in total. The first kappa shape index (κ1) is 12.2. The van der Waals surface area contributed by atoms with Gasteiger partial charge in [0.05, 0.1) is 0 Å². The second-order valence-corrected chi connectivity index (χ2v) is 5.26. The normalized spacial score (nSPS) is 16.9. The van der Waals surface area contributed by atoms with Crippen LogP contribution in [-0.4, -0.2) is 12.6 Å². The van der Waals surface area contributed by atoms with Crippen molar-refractivity contribution in [1.29, 1.82) is 0 Å². The number of benzene rings is 1. The van der Waals surface area contributed by atoms with Gasteiger partial charge in [-0.25, -0.2) is 0 Å². The molecule has 0 radical (unpaired) electrons. The summed E-state index contributed by atoms with van der Waals surface area (Å²) < 4.78 is 0. The summed E-state index contributed by atoms with van der Waals surface area (Å²) in [5, 5.41) is 5.16. The fraction of sp³-hybridized carbons (Fsp3) is 0.538. The van der Waals surface area contributed by atoms with Crippen molar-refractivity contribution in [3.63, 3.8) is 0 Å². The van der Waals surface area contributed by atoms with Gasteiger partial charge in [0.2, 0.25) is 0 Å². The Hall–Kier alpha value is -0.240. The Bertz CT molecular complexity index is 346. The molecule has 0 aliphatic heterocycles. The van der Waals surface area contributed by atoms with Crippen LogP contribution in [0, 0.1) is 0 Å². The Balaban J connectivity index is 1.82. The van der Waals surface area contributed by atoms with Crippen LogP contribution in [0.1, 0.15) is 31.2 Å². The third-order valence-corrected chi connectivity index (χ3v) is 3.79. The monoisotopic (exact) mass is 257 g/mol. The van der Waals surface area contributed by atoms with Crippen molar-refractivity contribution in [1.82, 2.24) is 5.32 Å². The summed E-state index contributed by atoms with van der Waals surface area (Å²) in [6.45, 7) is 0.991. The first-order valence-electron chi connectivity index (χ1n) is 5.93. The van der Waals surface area contributed by atoms with Crippen molar-refractivity contribution < 1.29 is 0 Å². The van der Waals surface area contributed by atoms with E-state index in [0.717, 1.165) is 34.6 Å². The Morgan fingerprint density at radius 3 is 2.69 bits per heavy atom. The van der Waals surface area contributed by atoms with Crippen LogP contribution < -0.4 is 5.32 Å². The molecule has 1 fully saturated rings. The molecule has 0 unspecified atom stereocenters. The van der Waals surface area contributed by atoms with Crippen molar-refractivity contribution in [3.05, 3.63) is 33.8 Å². The van der Waals surface area contributed by atoms with Crippen molar-refractivity contribution in [3.8, 4) is 0 Å². The molecule has 0 saturated heterocycles. The Kier molecular flexibility index (Phi) is 4.51. The number of hydrogen-bond acceptors (Lipinski definition) is 1. The van der Waals surface area contributed by atoms with Gasteiger partial charge in [-0.1, -0.05) is 36.0 Å². The van der Waals surface area contributed by atoms with Crippen LogP contribution in [0.2, 0.25) is 10.0 Å². The minimum atomic E-state index is 0.720. The molecule has 0 heterocycles. The van der Waals surface area contributed by atoms with Gasteiger partial charge >= 0.3 is 0 Å². The minimum Gasteiger partial charge on any atom is -0.314 e. The Labute approximate surface area is 107 Å². The van der Waals surface area contributed by atoms with Gasteiger partial charge in [0.25, 0.3) is 0 Å². The maximum absolute atomic E-state index is 6.11. The average molecular weight is 258 g/mol. The molecule has 1 aromatic rings. The first-order valence-corrected chi connectivity index (χ1v) is 6.68. The van der Waals surface area contributed by atoms with E-state index in [2.05, 4.69) is 5.32 Å². The molecule has 1 aliphatic carbocycles. The summed E-state index contributed by atoms with van der Waals surface area (Å²) in [7, 11) is 0. The molecule has 0 spiro atoms. The summed E-state index contributed by atoms with van der Waals surface area (Å²) in [4.78, 5) is 0. The van der Waals surface area contributed by atoms with Gasteiger partial charge in [-0.3, -0.25) is 0 Å². The zero-order valence-electron chi connectivity index (χ0n) is 9.31. The van der Waals surface area contributed by atoms with Gasteiger partial charge in [-0.15, -0.1) is 0 Å². The maximum atomic E-state index is 6.11. The second kappa shape index (κ2) is 5.90. The molecular weight excluding hydrogens is 241 g/mol. The van der Waals surface area contributed by atoms with Crippen molar-refractivity contribution in [2.45, 2.75) is 38.1 Å². The molecule has 88 valence electrons.